The normalized spacial score (nSPS) is 20.1. The Morgan fingerprint density at radius 1 is 1.42 bits per heavy atom. The summed E-state index contributed by atoms with van der Waals surface area (Å²) in [4.78, 5) is 2.30. The number of hydrogen-bond donors (Lipinski definition) is 1. The Balaban J connectivity index is 0.00000180. The van der Waals surface area contributed by atoms with Gasteiger partial charge in [0.1, 0.15) is 5.82 Å². The van der Waals surface area contributed by atoms with Crippen LogP contribution in [-0.2, 0) is 6.54 Å². The van der Waals surface area contributed by atoms with Gasteiger partial charge in [0.15, 0.2) is 0 Å². The van der Waals surface area contributed by atoms with Gasteiger partial charge in [0.25, 0.3) is 0 Å². The molecule has 1 saturated heterocycles. The Kier molecular flexibility index (Phi) is 7.08. The highest BCUT2D eigenvalue weighted by Gasteiger charge is 2.20. The predicted molar refractivity (Wildman–Crippen MR) is 80.3 cm³/mol. The monoisotopic (exact) mass is 306 g/mol. The van der Waals surface area contributed by atoms with Crippen LogP contribution in [0.25, 0.3) is 0 Å². The molecule has 5 heteroatoms. The molecule has 0 aliphatic carbocycles. The van der Waals surface area contributed by atoms with Crippen molar-refractivity contribution in [3.63, 3.8) is 0 Å². The Bertz CT molecular complexity index is 399. The van der Waals surface area contributed by atoms with Gasteiger partial charge in [0.05, 0.1) is 5.02 Å². The third-order valence-electron chi connectivity index (χ3n) is 3.60. The zero-order valence-electron chi connectivity index (χ0n) is 10.9. The molecule has 0 spiro atoms. The van der Waals surface area contributed by atoms with E-state index in [2.05, 4.69) is 4.90 Å². The molecule has 0 radical (unpaired) electrons. The van der Waals surface area contributed by atoms with Crippen LogP contribution < -0.4 is 5.73 Å². The van der Waals surface area contributed by atoms with Crippen molar-refractivity contribution in [3.05, 3.63) is 34.6 Å². The first kappa shape index (κ1) is 16.7. The zero-order chi connectivity index (χ0) is 13.0. The van der Waals surface area contributed by atoms with Crippen LogP contribution in [0.1, 0.15) is 24.8 Å². The number of piperidine rings is 1. The number of likely N-dealkylation sites (tertiary alicyclic amines) is 1. The fraction of sp³-hybridized carbons (Fsp3) is 0.571. The molecule has 1 atom stereocenters. The number of hydrogen-bond acceptors (Lipinski definition) is 2. The fourth-order valence-corrected chi connectivity index (χ4v) is 2.87. The summed E-state index contributed by atoms with van der Waals surface area (Å²) in [6.45, 7) is 3.44. The maximum Gasteiger partial charge on any atom is 0.146 e. The Morgan fingerprint density at radius 3 is 2.95 bits per heavy atom. The van der Waals surface area contributed by atoms with Gasteiger partial charge in [-0.3, -0.25) is 4.90 Å². The van der Waals surface area contributed by atoms with Crippen molar-refractivity contribution in [2.24, 2.45) is 11.7 Å². The lowest BCUT2D eigenvalue weighted by Crippen LogP contribution is -2.35. The van der Waals surface area contributed by atoms with Crippen LogP contribution in [0.2, 0.25) is 5.02 Å². The smallest absolute Gasteiger partial charge is 0.146 e. The molecule has 1 aliphatic rings. The average Bonchev–Trinajstić information content (AvgIpc) is 2.36. The Labute approximate surface area is 125 Å². The molecule has 2 nitrogen and oxygen atoms in total. The van der Waals surface area contributed by atoms with Crippen LogP contribution in [0.4, 0.5) is 4.39 Å². The van der Waals surface area contributed by atoms with E-state index >= 15 is 0 Å². The topological polar surface area (TPSA) is 29.3 Å². The van der Waals surface area contributed by atoms with Crippen molar-refractivity contribution >= 4 is 24.0 Å². The van der Waals surface area contributed by atoms with Gasteiger partial charge >= 0.3 is 0 Å². The maximum atomic E-state index is 13.8. The molecule has 0 aromatic heterocycles. The van der Waals surface area contributed by atoms with Crippen molar-refractivity contribution in [2.75, 3.05) is 19.6 Å². The standard InChI is InChI=1S/C14H20ClFN2.ClH/c15-13-5-1-4-12(14(13)16)10-18-8-2-3-11(9-18)6-7-17;/h1,4-5,11H,2-3,6-10,17H2;1H. The fourth-order valence-electron chi connectivity index (χ4n) is 2.68. The van der Waals surface area contributed by atoms with E-state index in [1.807, 2.05) is 12.1 Å². The van der Waals surface area contributed by atoms with Gasteiger partial charge < -0.3 is 5.73 Å². The van der Waals surface area contributed by atoms with Crippen LogP contribution in [0, 0.1) is 11.7 Å². The molecule has 0 bridgehead atoms. The first-order valence-corrected chi connectivity index (χ1v) is 6.94. The minimum absolute atomic E-state index is 0. The third-order valence-corrected chi connectivity index (χ3v) is 3.90. The van der Waals surface area contributed by atoms with E-state index in [1.54, 1.807) is 6.07 Å². The van der Waals surface area contributed by atoms with Crippen LogP contribution in [-0.4, -0.2) is 24.5 Å². The second kappa shape index (κ2) is 8.05. The maximum absolute atomic E-state index is 13.8. The lowest BCUT2D eigenvalue weighted by atomic mass is 9.94. The van der Waals surface area contributed by atoms with Crippen molar-refractivity contribution < 1.29 is 4.39 Å². The van der Waals surface area contributed by atoms with Gasteiger partial charge in [-0.1, -0.05) is 23.7 Å². The van der Waals surface area contributed by atoms with Gasteiger partial charge in [0, 0.05) is 18.7 Å². The summed E-state index contributed by atoms with van der Waals surface area (Å²) in [5, 5.41) is 0.211. The molecular weight excluding hydrogens is 286 g/mol. The molecule has 0 amide bonds. The first-order chi connectivity index (χ1) is 8.70. The van der Waals surface area contributed by atoms with Crippen molar-refractivity contribution in [1.82, 2.24) is 4.90 Å². The molecule has 1 aromatic rings. The summed E-state index contributed by atoms with van der Waals surface area (Å²) in [6.07, 6.45) is 3.48. The molecule has 2 rings (SSSR count). The molecule has 1 aliphatic heterocycles. The Morgan fingerprint density at radius 2 is 2.21 bits per heavy atom. The molecule has 19 heavy (non-hydrogen) atoms. The zero-order valence-corrected chi connectivity index (χ0v) is 12.5. The second-order valence-corrected chi connectivity index (χ2v) is 5.44. The summed E-state index contributed by atoms with van der Waals surface area (Å²) in [7, 11) is 0. The molecule has 2 N–H and O–H groups in total. The number of rotatable bonds is 4. The number of halogens is 3. The first-order valence-electron chi connectivity index (χ1n) is 6.56. The summed E-state index contributed by atoms with van der Waals surface area (Å²) in [6, 6.07) is 5.21. The highest BCUT2D eigenvalue weighted by atomic mass is 35.5. The van der Waals surface area contributed by atoms with E-state index in [4.69, 9.17) is 17.3 Å². The summed E-state index contributed by atoms with van der Waals surface area (Å²) >= 11 is 5.80. The van der Waals surface area contributed by atoms with E-state index in [0.717, 1.165) is 26.1 Å². The van der Waals surface area contributed by atoms with Crippen LogP contribution in [0.5, 0.6) is 0 Å². The van der Waals surface area contributed by atoms with E-state index < -0.39 is 0 Å². The third kappa shape index (κ3) is 4.60. The average molecular weight is 307 g/mol. The minimum atomic E-state index is -0.278. The van der Waals surface area contributed by atoms with Gasteiger partial charge in [-0.05, 0) is 44.3 Å². The van der Waals surface area contributed by atoms with E-state index in [1.165, 1.54) is 12.8 Å². The van der Waals surface area contributed by atoms with Gasteiger partial charge in [-0.2, -0.15) is 0 Å². The van der Waals surface area contributed by atoms with Crippen molar-refractivity contribution in [1.29, 1.82) is 0 Å². The molecule has 108 valence electrons. The number of nitrogens with two attached hydrogens (primary N) is 1. The summed E-state index contributed by atoms with van der Waals surface area (Å²) < 4.78 is 13.8. The van der Waals surface area contributed by atoms with Gasteiger partial charge in [-0.25, -0.2) is 4.39 Å². The lowest BCUT2D eigenvalue weighted by Gasteiger charge is -2.32. The molecule has 1 unspecified atom stereocenters. The van der Waals surface area contributed by atoms with Gasteiger partial charge in [0.2, 0.25) is 0 Å². The predicted octanol–water partition coefficient (Wildman–Crippen LogP) is 3.46. The SMILES string of the molecule is Cl.NCCC1CCCN(Cc2cccc(Cl)c2F)C1. The minimum Gasteiger partial charge on any atom is -0.330 e. The lowest BCUT2D eigenvalue weighted by molar-refractivity contribution is 0.161. The number of nitrogens with zero attached hydrogens (tertiary/aromatic N) is 1. The largest absolute Gasteiger partial charge is 0.330 e. The van der Waals surface area contributed by atoms with Crippen molar-refractivity contribution in [2.45, 2.75) is 25.8 Å². The molecule has 1 fully saturated rings. The highest BCUT2D eigenvalue weighted by molar-refractivity contribution is 6.30. The van der Waals surface area contributed by atoms with Crippen LogP contribution >= 0.6 is 24.0 Å². The molecule has 1 heterocycles. The Hall–Kier alpha value is -0.350. The van der Waals surface area contributed by atoms with E-state index in [9.17, 15) is 4.39 Å². The summed E-state index contributed by atoms with van der Waals surface area (Å²) in [5.74, 6) is 0.381. The summed E-state index contributed by atoms with van der Waals surface area (Å²) in [5.41, 5.74) is 6.30. The van der Waals surface area contributed by atoms with E-state index in [0.29, 0.717) is 18.0 Å². The second-order valence-electron chi connectivity index (χ2n) is 5.03. The number of benzene rings is 1. The van der Waals surface area contributed by atoms with Crippen LogP contribution in [0.15, 0.2) is 18.2 Å². The molecule has 0 saturated carbocycles. The van der Waals surface area contributed by atoms with Crippen LogP contribution in [0.3, 0.4) is 0 Å². The molecular formula is C14H21Cl2FN2. The molecule has 1 aromatic carbocycles. The van der Waals surface area contributed by atoms with E-state index in [-0.39, 0.29) is 23.2 Å². The highest BCUT2D eigenvalue weighted by Crippen LogP contribution is 2.23. The van der Waals surface area contributed by atoms with Crippen molar-refractivity contribution in [3.8, 4) is 0 Å². The quantitative estimate of drug-likeness (QED) is 0.923. The van der Waals surface area contributed by atoms with Gasteiger partial charge in [-0.15, -0.1) is 12.4 Å².